The Morgan fingerprint density at radius 2 is 1.96 bits per heavy atom. The molecule has 2 atom stereocenters. The van der Waals surface area contributed by atoms with Gasteiger partial charge in [0.15, 0.2) is 0 Å². The van der Waals surface area contributed by atoms with Crippen molar-refractivity contribution >= 4 is 24.8 Å². The summed E-state index contributed by atoms with van der Waals surface area (Å²) in [6.45, 7) is 12.4. The van der Waals surface area contributed by atoms with Crippen LogP contribution in [0.4, 0.5) is 0 Å². The van der Waals surface area contributed by atoms with Crippen molar-refractivity contribution in [2.24, 2.45) is 4.99 Å². The normalized spacial score (nSPS) is 20.4. The van der Waals surface area contributed by atoms with Gasteiger partial charge in [-0.05, 0) is 72.0 Å². The molecule has 0 spiro atoms. The Morgan fingerprint density at radius 3 is 2.44 bits per heavy atom. The van der Waals surface area contributed by atoms with Gasteiger partial charge in [0.25, 0.3) is 0 Å². The van der Waals surface area contributed by atoms with E-state index in [-0.39, 0.29) is 0 Å². The quantitative estimate of drug-likeness (QED) is 0.264. The van der Waals surface area contributed by atoms with Crippen LogP contribution >= 0.6 is 11.8 Å². The lowest BCUT2D eigenvalue weighted by Gasteiger charge is -2.18. The van der Waals surface area contributed by atoms with Crippen LogP contribution in [0.15, 0.2) is 52.0 Å². The maximum Gasteiger partial charge on any atom is 0.123 e. The molecule has 27 heavy (non-hydrogen) atoms. The van der Waals surface area contributed by atoms with Gasteiger partial charge in [0.1, 0.15) is 6.29 Å². The van der Waals surface area contributed by atoms with E-state index in [1.54, 1.807) is 17.8 Å². The summed E-state index contributed by atoms with van der Waals surface area (Å²) < 4.78 is 0. The van der Waals surface area contributed by atoms with Crippen molar-refractivity contribution in [2.45, 2.75) is 63.9 Å². The monoisotopic (exact) mass is 386 g/mol. The molecule has 4 heteroatoms. The number of benzene rings is 1. The Hall–Kier alpha value is -1.65. The molecule has 0 saturated carbocycles. The fourth-order valence-electron chi connectivity index (χ4n) is 2.90. The fourth-order valence-corrected chi connectivity index (χ4v) is 3.84. The second-order valence-corrected chi connectivity index (χ2v) is 8.16. The summed E-state index contributed by atoms with van der Waals surface area (Å²) >= 11 is 1.75. The van der Waals surface area contributed by atoms with E-state index in [2.05, 4.69) is 69.6 Å². The number of nitrogens with zero attached hydrogens (tertiary/aromatic N) is 2. The highest BCUT2D eigenvalue weighted by Crippen LogP contribution is 2.25. The number of aliphatic imine (C=N–C) groups is 1. The number of aldehydes is 1. The average molecular weight is 387 g/mol. The molecule has 0 aliphatic carbocycles. The molecule has 148 valence electrons. The lowest BCUT2D eigenvalue weighted by Crippen LogP contribution is -2.27. The van der Waals surface area contributed by atoms with Crippen molar-refractivity contribution in [3.8, 4) is 0 Å². The summed E-state index contributed by atoms with van der Waals surface area (Å²) in [6.07, 6.45) is 9.63. The smallest absolute Gasteiger partial charge is 0.123 e. The van der Waals surface area contributed by atoms with Crippen molar-refractivity contribution in [3.63, 3.8) is 0 Å². The van der Waals surface area contributed by atoms with Crippen molar-refractivity contribution in [3.05, 3.63) is 53.3 Å². The van der Waals surface area contributed by atoms with Crippen molar-refractivity contribution in [1.29, 1.82) is 0 Å². The van der Waals surface area contributed by atoms with Crippen LogP contribution in [-0.4, -0.2) is 42.8 Å². The van der Waals surface area contributed by atoms with Gasteiger partial charge in [0.2, 0.25) is 0 Å². The molecule has 0 N–H and O–H groups in total. The van der Waals surface area contributed by atoms with E-state index in [1.165, 1.54) is 28.9 Å². The zero-order valence-corrected chi connectivity index (χ0v) is 18.3. The number of hydrogen-bond donors (Lipinski definition) is 0. The third-order valence-electron chi connectivity index (χ3n) is 4.96. The molecule has 0 radical (unpaired) electrons. The van der Waals surface area contributed by atoms with Gasteiger partial charge >= 0.3 is 0 Å². The second-order valence-electron chi connectivity index (χ2n) is 7.15. The van der Waals surface area contributed by atoms with Crippen LogP contribution in [0.1, 0.15) is 44.2 Å². The Bertz CT molecular complexity index is 656. The lowest BCUT2D eigenvalue weighted by molar-refractivity contribution is -0.107. The van der Waals surface area contributed by atoms with Crippen molar-refractivity contribution in [2.75, 3.05) is 12.8 Å². The van der Waals surface area contributed by atoms with Crippen LogP contribution in [0.2, 0.25) is 0 Å². The third kappa shape index (κ3) is 8.72. The summed E-state index contributed by atoms with van der Waals surface area (Å²) in [7, 11) is 2.21. The Morgan fingerprint density at radius 1 is 1.30 bits per heavy atom. The van der Waals surface area contributed by atoms with Gasteiger partial charge < -0.3 is 9.69 Å². The van der Waals surface area contributed by atoms with Gasteiger partial charge in [-0.2, -0.15) is 0 Å². The number of carbonyl (C=O) groups excluding carboxylic acids is 1. The van der Waals surface area contributed by atoms with E-state index in [0.717, 1.165) is 29.8 Å². The van der Waals surface area contributed by atoms with Crippen LogP contribution in [0.5, 0.6) is 0 Å². The highest BCUT2D eigenvalue weighted by Gasteiger charge is 2.22. The average Bonchev–Trinajstić information content (AvgIpc) is 2.94. The van der Waals surface area contributed by atoms with Gasteiger partial charge in [-0.25, -0.2) is 0 Å². The number of thioether (sulfide) groups is 1. The van der Waals surface area contributed by atoms with E-state index in [0.29, 0.717) is 6.42 Å². The minimum Gasteiger partial charge on any atom is -0.303 e. The summed E-state index contributed by atoms with van der Waals surface area (Å²) in [5.41, 5.74) is 3.47. The molecule has 1 aromatic carbocycles. The molecule has 1 aliphatic rings. The van der Waals surface area contributed by atoms with Gasteiger partial charge in [0, 0.05) is 34.8 Å². The summed E-state index contributed by atoms with van der Waals surface area (Å²) in [4.78, 5) is 17.9. The Balaban J connectivity index is 0.000000377. The van der Waals surface area contributed by atoms with E-state index in [9.17, 15) is 4.79 Å². The van der Waals surface area contributed by atoms with E-state index >= 15 is 0 Å². The Labute approximate surface area is 169 Å². The molecular formula is C23H34N2OS. The zero-order valence-electron chi connectivity index (χ0n) is 17.4. The van der Waals surface area contributed by atoms with Gasteiger partial charge in [-0.15, -0.1) is 11.8 Å². The van der Waals surface area contributed by atoms with Crippen LogP contribution in [0, 0.1) is 13.8 Å². The Kier molecular flexibility index (Phi) is 11.0. The molecule has 0 bridgehead atoms. The van der Waals surface area contributed by atoms with Crippen LogP contribution in [-0.2, 0) is 4.79 Å². The predicted octanol–water partition coefficient (Wildman–Crippen LogP) is 5.61. The fraction of sp³-hybridized carbons (Fsp3) is 0.478. The number of carbonyl (C=O) groups is 1. The van der Waals surface area contributed by atoms with Crippen LogP contribution in [0.25, 0.3) is 0 Å². The number of rotatable bonds is 7. The molecule has 1 fully saturated rings. The molecular weight excluding hydrogens is 352 g/mol. The van der Waals surface area contributed by atoms with Crippen LogP contribution in [0.3, 0.4) is 0 Å². The van der Waals surface area contributed by atoms with E-state index in [4.69, 9.17) is 0 Å². The molecule has 0 amide bonds. The molecule has 2 unspecified atom stereocenters. The van der Waals surface area contributed by atoms with Crippen molar-refractivity contribution < 1.29 is 4.79 Å². The molecule has 0 aromatic heterocycles. The molecule has 1 heterocycles. The minimum absolute atomic E-state index is 0.436. The summed E-state index contributed by atoms with van der Waals surface area (Å²) in [5, 5.41) is 0. The largest absolute Gasteiger partial charge is 0.303 e. The maximum absolute atomic E-state index is 10.2. The number of aryl methyl sites for hydroxylation is 2. The molecule has 3 nitrogen and oxygen atoms in total. The van der Waals surface area contributed by atoms with Crippen LogP contribution < -0.4 is 0 Å². The van der Waals surface area contributed by atoms with Gasteiger partial charge in [-0.3, -0.25) is 4.99 Å². The summed E-state index contributed by atoms with van der Waals surface area (Å²) in [6, 6.07) is 8.08. The van der Waals surface area contributed by atoms with E-state index < -0.39 is 0 Å². The summed E-state index contributed by atoms with van der Waals surface area (Å²) in [5.74, 6) is 0.777. The molecule has 1 aromatic rings. The van der Waals surface area contributed by atoms with Crippen molar-refractivity contribution in [1.82, 2.24) is 4.90 Å². The third-order valence-corrected chi connectivity index (χ3v) is 6.17. The topological polar surface area (TPSA) is 32.7 Å². The highest BCUT2D eigenvalue weighted by molar-refractivity contribution is 7.99. The molecule has 2 rings (SSSR count). The molecule has 1 aliphatic heterocycles. The first-order valence-electron chi connectivity index (χ1n) is 9.57. The molecule has 1 saturated heterocycles. The predicted molar refractivity (Wildman–Crippen MR) is 120 cm³/mol. The minimum atomic E-state index is 0.436. The maximum atomic E-state index is 10.2. The first-order chi connectivity index (χ1) is 12.9. The van der Waals surface area contributed by atoms with E-state index in [1.807, 2.05) is 12.2 Å². The number of hydrogen-bond acceptors (Lipinski definition) is 4. The number of likely N-dealkylation sites (tertiary alicyclic amines) is 1. The first-order valence-corrected chi connectivity index (χ1v) is 10.6. The SMILES string of the molecule is C=N/C(=C\C=C/CC=O)CSc1ccc(C)cc1C.CC1CCC(C)N1C. The first kappa shape index (κ1) is 23.4. The lowest BCUT2D eigenvalue weighted by atomic mass is 10.2. The van der Waals surface area contributed by atoms with Gasteiger partial charge in [0.05, 0.1) is 0 Å². The standard InChI is InChI=1S/C16H19NOS.C7H15N/c1-13-8-9-16(14(2)11-13)19-12-15(17-3)7-5-4-6-10-18;1-6-4-5-7(2)8(6)3/h4-5,7-11H,3,6,12H2,1-2H3;6-7H,4-5H2,1-3H3/b5-4-,15-7-;. The second kappa shape index (κ2) is 12.7. The number of allylic oxidation sites excluding steroid dienone is 3. The van der Waals surface area contributed by atoms with Gasteiger partial charge in [-0.1, -0.05) is 29.8 Å². The highest BCUT2D eigenvalue weighted by atomic mass is 32.2. The zero-order chi connectivity index (χ0) is 20.2.